The lowest BCUT2D eigenvalue weighted by Crippen LogP contribution is -2.50. The lowest BCUT2D eigenvalue weighted by atomic mass is 9.80. The van der Waals surface area contributed by atoms with Gasteiger partial charge in [0.2, 0.25) is 0 Å². The molecule has 0 aliphatic carbocycles. The number of carbonyl (C=O) groups is 1. The van der Waals surface area contributed by atoms with Crippen molar-refractivity contribution in [1.82, 2.24) is 15.1 Å². The van der Waals surface area contributed by atoms with E-state index in [9.17, 15) is 14.9 Å². The van der Waals surface area contributed by atoms with Crippen LogP contribution < -0.4 is 5.32 Å². The minimum Gasteiger partial charge on any atom is -0.352 e. The topological polar surface area (TPSA) is 78.7 Å². The van der Waals surface area contributed by atoms with E-state index in [0.29, 0.717) is 18.0 Å². The lowest BCUT2D eigenvalue weighted by Gasteiger charge is -2.40. The third-order valence-corrected chi connectivity index (χ3v) is 6.87. The minimum absolute atomic E-state index is 0.0236. The predicted molar refractivity (Wildman–Crippen MR) is 124 cm³/mol. The number of amides is 1. The Morgan fingerprint density at radius 2 is 1.81 bits per heavy atom. The smallest absolute Gasteiger partial charge is 0.324 e. The maximum absolute atomic E-state index is 12.5. The van der Waals surface area contributed by atoms with E-state index in [1.165, 1.54) is 11.3 Å². The zero-order valence-corrected chi connectivity index (χ0v) is 19.4. The van der Waals surface area contributed by atoms with Crippen LogP contribution in [0.1, 0.15) is 36.7 Å². The Labute approximate surface area is 188 Å². The summed E-state index contributed by atoms with van der Waals surface area (Å²) in [6.45, 7) is 12.8. The number of nitrogens with zero attached hydrogens (tertiary/aromatic N) is 3. The first-order valence-corrected chi connectivity index (χ1v) is 11.6. The average Bonchev–Trinajstić information content (AvgIpc) is 3.21. The molecule has 2 aromatic rings. The summed E-state index contributed by atoms with van der Waals surface area (Å²) in [5.41, 5.74) is 1.79. The largest absolute Gasteiger partial charge is 0.352 e. The fourth-order valence-corrected chi connectivity index (χ4v) is 4.51. The first kappa shape index (κ1) is 23.4. The Bertz CT molecular complexity index is 870. The van der Waals surface area contributed by atoms with Crippen molar-refractivity contribution in [3.05, 3.63) is 63.0 Å². The first-order chi connectivity index (χ1) is 14.7. The normalized spacial score (nSPS) is 16.7. The fraction of sp³-hybridized carbons (Fsp3) is 0.522. The van der Waals surface area contributed by atoms with Crippen LogP contribution in [0.3, 0.4) is 0 Å². The summed E-state index contributed by atoms with van der Waals surface area (Å²) < 4.78 is 0. The molecule has 1 atom stereocenters. The highest BCUT2D eigenvalue weighted by atomic mass is 32.1. The van der Waals surface area contributed by atoms with Crippen LogP contribution in [0, 0.1) is 21.4 Å². The summed E-state index contributed by atoms with van der Waals surface area (Å²) in [5, 5.41) is 16.1. The third kappa shape index (κ3) is 6.85. The standard InChI is InChI=1S/C23H32N4O3S/c1-23(2,3)20(14-24-22(28)19-7-5-4-6-8-19)16-26-11-9-25(10-12-26)15-18-13-21(27(29)30)31-17-18/h4-8,13,17,20H,9-12,14-16H2,1-3H3,(H,24,28). The van der Waals surface area contributed by atoms with Crippen LogP contribution in [-0.2, 0) is 6.54 Å². The molecule has 1 unspecified atom stereocenters. The van der Waals surface area contributed by atoms with Gasteiger partial charge in [0.25, 0.3) is 5.91 Å². The highest BCUT2D eigenvalue weighted by molar-refractivity contribution is 7.13. The van der Waals surface area contributed by atoms with E-state index < -0.39 is 0 Å². The van der Waals surface area contributed by atoms with Gasteiger partial charge in [-0.3, -0.25) is 19.8 Å². The van der Waals surface area contributed by atoms with E-state index in [0.717, 1.165) is 44.8 Å². The number of nitrogens with one attached hydrogen (secondary N) is 1. The van der Waals surface area contributed by atoms with Crippen molar-refractivity contribution in [3.63, 3.8) is 0 Å². The van der Waals surface area contributed by atoms with Crippen molar-refractivity contribution in [2.24, 2.45) is 11.3 Å². The molecular weight excluding hydrogens is 412 g/mol. The number of thiophene rings is 1. The second kappa shape index (κ2) is 10.3. The van der Waals surface area contributed by atoms with Gasteiger partial charge >= 0.3 is 5.00 Å². The molecule has 168 valence electrons. The van der Waals surface area contributed by atoms with Gasteiger partial charge in [-0.15, -0.1) is 0 Å². The lowest BCUT2D eigenvalue weighted by molar-refractivity contribution is -0.380. The van der Waals surface area contributed by atoms with E-state index >= 15 is 0 Å². The van der Waals surface area contributed by atoms with Crippen molar-refractivity contribution in [2.45, 2.75) is 27.3 Å². The molecule has 0 radical (unpaired) electrons. The summed E-state index contributed by atoms with van der Waals surface area (Å²) >= 11 is 1.19. The van der Waals surface area contributed by atoms with Gasteiger partial charge in [-0.2, -0.15) is 0 Å². The van der Waals surface area contributed by atoms with E-state index in [2.05, 4.69) is 35.9 Å². The number of benzene rings is 1. The number of nitro groups is 1. The van der Waals surface area contributed by atoms with Gasteiger partial charge in [0.05, 0.1) is 4.92 Å². The van der Waals surface area contributed by atoms with Crippen molar-refractivity contribution in [1.29, 1.82) is 0 Å². The van der Waals surface area contributed by atoms with Crippen LogP contribution in [0.25, 0.3) is 0 Å². The van der Waals surface area contributed by atoms with Gasteiger partial charge in [0.1, 0.15) is 0 Å². The summed E-state index contributed by atoms with van der Waals surface area (Å²) in [4.78, 5) is 27.8. The molecule has 1 aliphatic rings. The third-order valence-electron chi connectivity index (χ3n) is 5.94. The Hall–Kier alpha value is -2.29. The molecule has 1 saturated heterocycles. The second-order valence-electron chi connectivity index (χ2n) is 9.27. The average molecular weight is 445 g/mol. The molecule has 0 saturated carbocycles. The Balaban J connectivity index is 1.48. The van der Waals surface area contributed by atoms with Crippen molar-refractivity contribution in [3.8, 4) is 0 Å². The van der Waals surface area contributed by atoms with E-state index in [4.69, 9.17) is 0 Å². The number of rotatable bonds is 8. The number of piperazine rings is 1. The molecule has 1 aliphatic heterocycles. The van der Waals surface area contributed by atoms with E-state index in [-0.39, 0.29) is 21.2 Å². The summed E-state index contributed by atoms with van der Waals surface area (Å²) in [7, 11) is 0. The molecule has 0 bridgehead atoms. The quantitative estimate of drug-likeness (QED) is 0.494. The summed E-state index contributed by atoms with van der Waals surface area (Å²) in [5.74, 6) is 0.316. The van der Waals surface area contributed by atoms with Crippen LogP contribution in [0.5, 0.6) is 0 Å². The monoisotopic (exact) mass is 444 g/mol. The molecule has 1 aromatic carbocycles. The van der Waals surface area contributed by atoms with Gasteiger partial charge in [-0.1, -0.05) is 50.3 Å². The van der Waals surface area contributed by atoms with Gasteiger partial charge < -0.3 is 10.2 Å². The molecule has 2 heterocycles. The Kier molecular flexibility index (Phi) is 7.80. The maximum atomic E-state index is 12.5. The minimum atomic E-state index is -0.324. The van der Waals surface area contributed by atoms with Gasteiger partial charge in [-0.05, 0) is 29.0 Å². The Morgan fingerprint density at radius 3 is 2.39 bits per heavy atom. The molecule has 31 heavy (non-hydrogen) atoms. The van der Waals surface area contributed by atoms with E-state index in [1.54, 1.807) is 6.07 Å². The zero-order chi connectivity index (χ0) is 22.4. The molecule has 1 N–H and O–H groups in total. The molecule has 7 nitrogen and oxygen atoms in total. The van der Waals surface area contributed by atoms with Crippen LogP contribution in [0.2, 0.25) is 0 Å². The van der Waals surface area contributed by atoms with Crippen molar-refractivity contribution in [2.75, 3.05) is 39.3 Å². The molecular formula is C23H32N4O3S. The van der Waals surface area contributed by atoms with Crippen LogP contribution in [-0.4, -0.2) is 59.9 Å². The summed E-state index contributed by atoms with van der Waals surface area (Å²) in [6.07, 6.45) is 0. The highest BCUT2D eigenvalue weighted by Gasteiger charge is 2.29. The van der Waals surface area contributed by atoms with Crippen LogP contribution in [0.15, 0.2) is 41.8 Å². The molecule has 8 heteroatoms. The molecule has 3 rings (SSSR count). The number of hydrogen-bond donors (Lipinski definition) is 1. The molecule has 0 spiro atoms. The predicted octanol–water partition coefficient (Wildman–Crippen LogP) is 3.87. The van der Waals surface area contributed by atoms with Crippen LogP contribution in [0.4, 0.5) is 5.00 Å². The van der Waals surface area contributed by atoms with Gasteiger partial charge in [0, 0.05) is 62.8 Å². The summed E-state index contributed by atoms with van der Waals surface area (Å²) in [6, 6.07) is 11.0. The number of carbonyl (C=O) groups excluding carboxylic acids is 1. The molecule has 1 aromatic heterocycles. The van der Waals surface area contributed by atoms with Gasteiger partial charge in [-0.25, -0.2) is 0 Å². The van der Waals surface area contributed by atoms with Crippen molar-refractivity contribution < 1.29 is 9.72 Å². The highest BCUT2D eigenvalue weighted by Crippen LogP contribution is 2.27. The first-order valence-electron chi connectivity index (χ1n) is 10.7. The van der Waals surface area contributed by atoms with Crippen molar-refractivity contribution >= 4 is 22.2 Å². The number of hydrogen-bond acceptors (Lipinski definition) is 6. The maximum Gasteiger partial charge on any atom is 0.324 e. The van der Waals surface area contributed by atoms with Gasteiger partial charge in [0.15, 0.2) is 0 Å². The molecule has 1 fully saturated rings. The SMILES string of the molecule is CC(C)(C)C(CNC(=O)c1ccccc1)CN1CCN(Cc2csc([N+](=O)[O-])c2)CC1. The van der Waals surface area contributed by atoms with Crippen LogP contribution >= 0.6 is 11.3 Å². The fourth-order valence-electron chi connectivity index (χ4n) is 3.79. The van der Waals surface area contributed by atoms with E-state index in [1.807, 2.05) is 35.7 Å². The second-order valence-corrected chi connectivity index (χ2v) is 10.2. The Morgan fingerprint density at radius 1 is 1.16 bits per heavy atom. The molecule has 1 amide bonds. The zero-order valence-electron chi connectivity index (χ0n) is 18.5.